The van der Waals surface area contributed by atoms with Crippen molar-refractivity contribution in [3.05, 3.63) is 35.9 Å². The molecular formula is C25H46BrP. The van der Waals surface area contributed by atoms with Crippen LogP contribution in [0.4, 0.5) is 0 Å². The van der Waals surface area contributed by atoms with Crippen LogP contribution in [0.5, 0.6) is 0 Å². The summed E-state index contributed by atoms with van der Waals surface area (Å²) in [6.07, 6.45) is 23.5. The molecule has 0 heterocycles. The Labute approximate surface area is 182 Å². The first kappa shape index (κ1) is 27.1. The van der Waals surface area contributed by atoms with Gasteiger partial charge in [-0.2, -0.15) is 0 Å². The van der Waals surface area contributed by atoms with E-state index in [1.807, 2.05) is 0 Å². The largest absolute Gasteiger partial charge is 1.00 e. The molecule has 0 atom stereocenters. The van der Waals surface area contributed by atoms with E-state index in [9.17, 15) is 0 Å². The van der Waals surface area contributed by atoms with E-state index in [1.165, 1.54) is 82.6 Å². The summed E-state index contributed by atoms with van der Waals surface area (Å²) in [5.74, 6) is 0. The van der Waals surface area contributed by atoms with Crippen molar-refractivity contribution >= 4 is 7.26 Å². The Kier molecular flexibility index (Phi) is 18.3. The second-order valence-electron chi connectivity index (χ2n) is 8.30. The fraction of sp³-hybridized carbons (Fsp3) is 0.760. The molecule has 0 radical (unpaired) electrons. The van der Waals surface area contributed by atoms with Crippen LogP contribution >= 0.6 is 7.26 Å². The van der Waals surface area contributed by atoms with Crippen LogP contribution in [0.25, 0.3) is 0 Å². The molecule has 27 heavy (non-hydrogen) atoms. The van der Waals surface area contributed by atoms with Crippen molar-refractivity contribution < 1.29 is 17.0 Å². The van der Waals surface area contributed by atoms with Crippen LogP contribution in [0.2, 0.25) is 0 Å². The van der Waals surface area contributed by atoms with Gasteiger partial charge in [0, 0.05) is 7.26 Å². The summed E-state index contributed by atoms with van der Waals surface area (Å²) in [4.78, 5) is 0. The summed E-state index contributed by atoms with van der Waals surface area (Å²) in [7, 11) is -0.649. The van der Waals surface area contributed by atoms with Crippen LogP contribution in [0.1, 0.15) is 97.0 Å². The summed E-state index contributed by atoms with van der Waals surface area (Å²) < 4.78 is 0. The average molecular weight is 458 g/mol. The molecule has 0 aliphatic rings. The fourth-order valence-corrected chi connectivity index (χ4v) is 9.30. The van der Waals surface area contributed by atoms with E-state index in [2.05, 4.69) is 51.1 Å². The lowest BCUT2D eigenvalue weighted by atomic mass is 10.1. The first-order valence-electron chi connectivity index (χ1n) is 11.7. The average Bonchev–Trinajstić information content (AvgIpc) is 2.68. The van der Waals surface area contributed by atoms with Gasteiger partial charge < -0.3 is 17.0 Å². The van der Waals surface area contributed by atoms with E-state index in [0.29, 0.717) is 0 Å². The van der Waals surface area contributed by atoms with Crippen LogP contribution in [0.3, 0.4) is 0 Å². The molecule has 0 bridgehead atoms. The van der Waals surface area contributed by atoms with E-state index in [0.717, 1.165) is 0 Å². The number of hydrogen-bond donors (Lipinski definition) is 0. The molecule has 158 valence electrons. The van der Waals surface area contributed by atoms with E-state index in [4.69, 9.17) is 0 Å². The summed E-state index contributed by atoms with van der Waals surface area (Å²) in [5.41, 5.74) is 1.51. The number of halogens is 1. The molecule has 0 amide bonds. The molecule has 0 saturated heterocycles. The highest BCUT2D eigenvalue weighted by Gasteiger charge is 2.34. The van der Waals surface area contributed by atoms with Crippen molar-refractivity contribution in [1.82, 2.24) is 0 Å². The standard InChI is InChI=1S/C25H46P.BrH/c1-4-7-21-26(22-8-5-2,23-9-6-3)24-17-12-10-11-14-18-25-19-15-13-16-20-25;/h13,15-16,19-20H,4-12,14,17-18,21-24H2,1-3H3;1H/q+1;/p-1. The van der Waals surface area contributed by atoms with Crippen molar-refractivity contribution in [2.24, 2.45) is 0 Å². The van der Waals surface area contributed by atoms with Crippen molar-refractivity contribution in [2.75, 3.05) is 24.6 Å². The zero-order valence-corrected chi connectivity index (χ0v) is 21.0. The minimum Gasteiger partial charge on any atom is -1.00 e. The van der Waals surface area contributed by atoms with Gasteiger partial charge in [0.15, 0.2) is 0 Å². The zero-order valence-electron chi connectivity index (χ0n) is 18.5. The zero-order chi connectivity index (χ0) is 18.9. The molecule has 0 aromatic heterocycles. The maximum atomic E-state index is 2.38. The summed E-state index contributed by atoms with van der Waals surface area (Å²) >= 11 is 0. The van der Waals surface area contributed by atoms with Gasteiger partial charge in [0.05, 0.1) is 24.6 Å². The minimum atomic E-state index is -0.649. The van der Waals surface area contributed by atoms with Gasteiger partial charge in [0.2, 0.25) is 0 Å². The molecule has 1 aromatic rings. The molecule has 1 rings (SSSR count). The third-order valence-corrected chi connectivity index (χ3v) is 11.0. The highest BCUT2D eigenvalue weighted by molar-refractivity contribution is 7.75. The summed E-state index contributed by atoms with van der Waals surface area (Å²) in [5, 5.41) is 0. The van der Waals surface area contributed by atoms with Gasteiger partial charge in [-0.05, 0) is 50.5 Å². The number of unbranched alkanes of at least 4 members (excludes halogenated alkanes) is 7. The maximum Gasteiger partial charge on any atom is 0.0594 e. The molecule has 0 N–H and O–H groups in total. The van der Waals surface area contributed by atoms with Crippen molar-refractivity contribution in [1.29, 1.82) is 0 Å². The quantitative estimate of drug-likeness (QED) is 0.211. The number of benzene rings is 1. The van der Waals surface area contributed by atoms with Gasteiger partial charge in [-0.1, -0.05) is 83.2 Å². The first-order chi connectivity index (χ1) is 12.8. The predicted octanol–water partition coefficient (Wildman–Crippen LogP) is 5.60. The van der Waals surface area contributed by atoms with Crippen LogP contribution in [-0.4, -0.2) is 24.6 Å². The molecule has 1 aromatic carbocycles. The Morgan fingerprint density at radius 1 is 0.556 bits per heavy atom. The summed E-state index contributed by atoms with van der Waals surface area (Å²) in [6.45, 7) is 7.13. The van der Waals surface area contributed by atoms with Gasteiger partial charge in [-0.3, -0.25) is 0 Å². The minimum absolute atomic E-state index is 0. The Balaban J connectivity index is 0.00000676. The van der Waals surface area contributed by atoms with E-state index >= 15 is 0 Å². The Morgan fingerprint density at radius 3 is 1.52 bits per heavy atom. The molecule has 0 unspecified atom stereocenters. The Morgan fingerprint density at radius 2 is 1.00 bits per heavy atom. The third kappa shape index (κ3) is 13.1. The van der Waals surface area contributed by atoms with Gasteiger partial charge in [0.25, 0.3) is 0 Å². The molecular weight excluding hydrogens is 411 g/mol. The smallest absolute Gasteiger partial charge is 0.0594 e. The van der Waals surface area contributed by atoms with Crippen LogP contribution < -0.4 is 17.0 Å². The second kappa shape index (κ2) is 18.2. The second-order valence-corrected chi connectivity index (χ2v) is 12.8. The van der Waals surface area contributed by atoms with E-state index < -0.39 is 7.26 Å². The fourth-order valence-electron chi connectivity index (χ4n) is 4.10. The molecule has 0 saturated carbocycles. The molecule has 0 aliphatic carbocycles. The Bertz CT molecular complexity index is 396. The van der Waals surface area contributed by atoms with Gasteiger partial charge in [0.1, 0.15) is 0 Å². The normalized spacial score (nSPS) is 11.4. The monoisotopic (exact) mass is 456 g/mol. The lowest BCUT2D eigenvalue weighted by molar-refractivity contribution is -0.00000579. The molecule has 0 aliphatic heterocycles. The van der Waals surface area contributed by atoms with E-state index in [-0.39, 0.29) is 17.0 Å². The topological polar surface area (TPSA) is 0 Å². The molecule has 0 spiro atoms. The highest BCUT2D eigenvalue weighted by atomic mass is 79.9. The highest BCUT2D eigenvalue weighted by Crippen LogP contribution is 2.61. The lowest BCUT2D eigenvalue weighted by Crippen LogP contribution is -3.00. The van der Waals surface area contributed by atoms with Crippen molar-refractivity contribution in [3.8, 4) is 0 Å². The van der Waals surface area contributed by atoms with Crippen molar-refractivity contribution in [3.63, 3.8) is 0 Å². The van der Waals surface area contributed by atoms with Gasteiger partial charge >= 0.3 is 0 Å². The molecule has 0 nitrogen and oxygen atoms in total. The first-order valence-corrected chi connectivity index (χ1v) is 14.2. The van der Waals surface area contributed by atoms with Crippen molar-refractivity contribution in [2.45, 2.75) is 97.8 Å². The number of rotatable bonds is 17. The Hall–Kier alpha value is 0.130. The predicted molar refractivity (Wildman–Crippen MR) is 124 cm³/mol. The van der Waals surface area contributed by atoms with Crippen LogP contribution in [0.15, 0.2) is 30.3 Å². The van der Waals surface area contributed by atoms with Crippen LogP contribution in [-0.2, 0) is 6.42 Å². The summed E-state index contributed by atoms with van der Waals surface area (Å²) in [6, 6.07) is 11.0. The molecule has 0 fully saturated rings. The number of hydrogen-bond acceptors (Lipinski definition) is 0. The number of aryl methyl sites for hydroxylation is 1. The molecule has 2 heteroatoms. The maximum absolute atomic E-state index is 2.38. The van der Waals surface area contributed by atoms with Gasteiger partial charge in [-0.15, -0.1) is 0 Å². The lowest BCUT2D eigenvalue weighted by Gasteiger charge is -2.28. The SMILES string of the molecule is CCCC[P+](CCCC)(CCCC)CCCCCCCc1ccccc1.[Br-]. The third-order valence-electron chi connectivity index (χ3n) is 5.90. The van der Waals surface area contributed by atoms with E-state index in [1.54, 1.807) is 24.6 Å². The van der Waals surface area contributed by atoms with Gasteiger partial charge in [-0.25, -0.2) is 0 Å². The van der Waals surface area contributed by atoms with Crippen LogP contribution in [0, 0.1) is 0 Å².